The molecule has 1 rings (SSSR count). The lowest BCUT2D eigenvalue weighted by molar-refractivity contribution is -0.120. The molecule has 0 spiro atoms. The van der Waals surface area contributed by atoms with E-state index in [0.717, 1.165) is 5.56 Å². The Hall–Kier alpha value is -2.32. The lowest BCUT2D eigenvalue weighted by atomic mass is 10.0. The van der Waals surface area contributed by atoms with Crippen molar-refractivity contribution in [2.75, 3.05) is 19.7 Å². The normalized spacial score (nSPS) is 9.48. The molecule has 0 radical (unpaired) electrons. The van der Waals surface area contributed by atoms with Crippen LogP contribution in [0.4, 0.5) is 0 Å². The maximum absolute atomic E-state index is 12.1. The van der Waals surface area contributed by atoms with Gasteiger partial charge in [-0.05, 0) is 26.0 Å². The molecule has 1 aromatic carbocycles. The van der Waals surface area contributed by atoms with E-state index in [0.29, 0.717) is 17.7 Å². The number of aryl methyl sites for hydroxylation is 1. The van der Waals surface area contributed by atoms with Crippen molar-refractivity contribution in [3.63, 3.8) is 0 Å². The topological polar surface area (TPSA) is 78.4 Å². The fourth-order valence-electron chi connectivity index (χ4n) is 1.76. The third kappa shape index (κ3) is 5.67. The highest BCUT2D eigenvalue weighted by Crippen LogP contribution is 2.10. The Labute approximate surface area is 124 Å². The van der Waals surface area contributed by atoms with Crippen LogP contribution < -0.4 is 10.6 Å². The maximum Gasteiger partial charge on any atom is 0.252 e. The fourth-order valence-corrected chi connectivity index (χ4v) is 1.76. The van der Waals surface area contributed by atoms with E-state index in [2.05, 4.69) is 22.5 Å². The van der Waals surface area contributed by atoms with Gasteiger partial charge in [-0.3, -0.25) is 9.59 Å². The van der Waals surface area contributed by atoms with Crippen LogP contribution in [0.2, 0.25) is 0 Å². The summed E-state index contributed by atoms with van der Waals surface area (Å²) in [5.41, 5.74) is 1.95. The molecular weight excluding hydrogens is 268 g/mol. The molecule has 0 aromatic heterocycles. The number of hydrogen-bond acceptors (Lipinski definition) is 3. The first-order valence-corrected chi connectivity index (χ1v) is 6.83. The van der Waals surface area contributed by atoms with Gasteiger partial charge in [-0.25, -0.2) is 0 Å². The number of rotatable bonds is 5. The summed E-state index contributed by atoms with van der Waals surface area (Å²) in [7, 11) is 0. The zero-order valence-electron chi connectivity index (χ0n) is 12.3. The molecule has 5 nitrogen and oxygen atoms in total. The monoisotopic (exact) mass is 288 g/mol. The summed E-state index contributed by atoms with van der Waals surface area (Å²) in [6.45, 7) is 4.31. The Kier molecular flexibility index (Phi) is 6.99. The van der Waals surface area contributed by atoms with Crippen molar-refractivity contribution < 1.29 is 14.7 Å². The lowest BCUT2D eigenvalue weighted by Crippen LogP contribution is -2.31. The minimum atomic E-state index is -0.273. The lowest BCUT2D eigenvalue weighted by Gasteiger charge is -2.08. The molecular formula is C16H20N2O3. The van der Waals surface area contributed by atoms with Crippen molar-refractivity contribution in [1.29, 1.82) is 0 Å². The molecule has 5 heteroatoms. The number of aliphatic hydroxyl groups excluding tert-OH is 1. The number of nitrogens with one attached hydrogen (secondary N) is 2. The van der Waals surface area contributed by atoms with Crippen LogP contribution in [0, 0.1) is 18.8 Å². The molecule has 21 heavy (non-hydrogen) atoms. The van der Waals surface area contributed by atoms with E-state index in [1.165, 1.54) is 0 Å². The Morgan fingerprint density at radius 3 is 2.71 bits per heavy atom. The van der Waals surface area contributed by atoms with E-state index < -0.39 is 0 Å². The van der Waals surface area contributed by atoms with Gasteiger partial charge in [0.2, 0.25) is 5.91 Å². The smallest absolute Gasteiger partial charge is 0.252 e. The Bertz CT molecular complexity index is 571. The summed E-state index contributed by atoms with van der Waals surface area (Å²) in [6, 6.07) is 5.34. The van der Waals surface area contributed by atoms with Crippen molar-refractivity contribution in [3.05, 3.63) is 34.9 Å². The molecule has 0 bridgehead atoms. The molecule has 1 aromatic rings. The highest BCUT2D eigenvalue weighted by Gasteiger charge is 2.10. The number of hydrogen-bond donors (Lipinski definition) is 3. The molecule has 0 atom stereocenters. The average molecular weight is 288 g/mol. The summed E-state index contributed by atoms with van der Waals surface area (Å²) in [5.74, 6) is 4.91. The van der Waals surface area contributed by atoms with Crippen molar-refractivity contribution in [3.8, 4) is 11.8 Å². The molecule has 0 aliphatic heterocycles. The van der Waals surface area contributed by atoms with Gasteiger partial charge in [0.1, 0.15) is 6.61 Å². The first-order valence-electron chi connectivity index (χ1n) is 6.83. The van der Waals surface area contributed by atoms with Gasteiger partial charge in [-0.2, -0.15) is 0 Å². The largest absolute Gasteiger partial charge is 0.384 e. The SMILES string of the molecule is CCNC(=O)CCNC(=O)c1cc(C)ccc1C#CCO. The van der Waals surface area contributed by atoms with Crippen LogP contribution >= 0.6 is 0 Å². The second-order valence-corrected chi connectivity index (χ2v) is 4.47. The van der Waals surface area contributed by atoms with Crippen LogP contribution in [-0.4, -0.2) is 36.6 Å². The maximum atomic E-state index is 12.1. The second kappa shape index (κ2) is 8.77. The number of carbonyl (C=O) groups excluding carboxylic acids is 2. The van der Waals surface area contributed by atoms with E-state index in [9.17, 15) is 9.59 Å². The predicted molar refractivity (Wildman–Crippen MR) is 80.8 cm³/mol. The number of carbonyl (C=O) groups is 2. The van der Waals surface area contributed by atoms with Crippen LogP contribution in [0.5, 0.6) is 0 Å². The highest BCUT2D eigenvalue weighted by atomic mass is 16.2. The van der Waals surface area contributed by atoms with E-state index >= 15 is 0 Å². The number of benzene rings is 1. The summed E-state index contributed by atoms with van der Waals surface area (Å²) in [4.78, 5) is 23.5. The standard InChI is InChI=1S/C16H20N2O3/c1-3-17-15(20)8-9-18-16(21)14-11-12(2)6-7-13(14)5-4-10-19/h6-7,11,19H,3,8-10H2,1-2H3,(H,17,20)(H,18,21). The van der Waals surface area contributed by atoms with Crippen molar-refractivity contribution in [2.45, 2.75) is 20.3 Å². The molecule has 0 saturated heterocycles. The van der Waals surface area contributed by atoms with Crippen molar-refractivity contribution >= 4 is 11.8 Å². The van der Waals surface area contributed by atoms with E-state index in [1.54, 1.807) is 12.1 Å². The van der Waals surface area contributed by atoms with Gasteiger partial charge in [0.05, 0.1) is 5.56 Å². The van der Waals surface area contributed by atoms with Gasteiger partial charge in [0.25, 0.3) is 5.91 Å². The van der Waals surface area contributed by atoms with Gasteiger partial charge >= 0.3 is 0 Å². The van der Waals surface area contributed by atoms with Gasteiger partial charge in [-0.15, -0.1) is 0 Å². The quantitative estimate of drug-likeness (QED) is 0.694. The van der Waals surface area contributed by atoms with E-state index in [4.69, 9.17) is 5.11 Å². The molecule has 0 aliphatic rings. The summed E-state index contributed by atoms with van der Waals surface area (Å²) < 4.78 is 0. The second-order valence-electron chi connectivity index (χ2n) is 4.47. The van der Waals surface area contributed by atoms with Crippen LogP contribution in [-0.2, 0) is 4.79 Å². The van der Waals surface area contributed by atoms with Gasteiger partial charge < -0.3 is 15.7 Å². The molecule has 0 fully saturated rings. The Morgan fingerprint density at radius 1 is 1.29 bits per heavy atom. The van der Waals surface area contributed by atoms with E-state index in [1.807, 2.05) is 19.9 Å². The fraction of sp³-hybridized carbons (Fsp3) is 0.375. The number of aliphatic hydroxyl groups is 1. The van der Waals surface area contributed by atoms with Gasteiger partial charge in [-0.1, -0.05) is 23.5 Å². The zero-order chi connectivity index (χ0) is 15.7. The van der Waals surface area contributed by atoms with Crippen LogP contribution in [0.25, 0.3) is 0 Å². The summed E-state index contributed by atoms with van der Waals surface area (Å²) >= 11 is 0. The van der Waals surface area contributed by atoms with Crippen LogP contribution in [0.1, 0.15) is 34.8 Å². The number of amides is 2. The summed E-state index contributed by atoms with van der Waals surface area (Å²) in [5, 5.41) is 14.1. The molecule has 0 saturated carbocycles. The Balaban J connectivity index is 2.72. The van der Waals surface area contributed by atoms with Gasteiger partial charge in [0.15, 0.2) is 0 Å². The average Bonchev–Trinajstić information content (AvgIpc) is 2.46. The van der Waals surface area contributed by atoms with Gasteiger partial charge in [0, 0.05) is 25.1 Å². The zero-order valence-corrected chi connectivity index (χ0v) is 12.3. The molecule has 0 heterocycles. The third-order valence-corrected chi connectivity index (χ3v) is 2.73. The molecule has 2 amide bonds. The Morgan fingerprint density at radius 2 is 2.05 bits per heavy atom. The molecule has 0 aliphatic carbocycles. The molecule has 112 valence electrons. The first kappa shape index (κ1) is 16.7. The minimum absolute atomic E-state index is 0.0951. The van der Waals surface area contributed by atoms with Crippen molar-refractivity contribution in [2.24, 2.45) is 0 Å². The minimum Gasteiger partial charge on any atom is -0.384 e. The van der Waals surface area contributed by atoms with Crippen molar-refractivity contribution in [1.82, 2.24) is 10.6 Å². The highest BCUT2D eigenvalue weighted by molar-refractivity contribution is 5.97. The van der Waals surface area contributed by atoms with Crippen LogP contribution in [0.3, 0.4) is 0 Å². The first-order chi connectivity index (χ1) is 10.1. The summed E-state index contributed by atoms with van der Waals surface area (Å²) in [6.07, 6.45) is 0.239. The van der Waals surface area contributed by atoms with E-state index in [-0.39, 0.29) is 31.4 Å². The van der Waals surface area contributed by atoms with Crippen LogP contribution in [0.15, 0.2) is 18.2 Å². The molecule has 0 unspecified atom stereocenters. The third-order valence-electron chi connectivity index (χ3n) is 2.73. The molecule has 3 N–H and O–H groups in total. The predicted octanol–water partition coefficient (Wildman–Crippen LogP) is 0.595.